The van der Waals surface area contributed by atoms with Gasteiger partial charge in [0.1, 0.15) is 11.4 Å². The first kappa shape index (κ1) is 15.9. The van der Waals surface area contributed by atoms with Crippen molar-refractivity contribution in [2.45, 2.75) is 19.9 Å². The summed E-state index contributed by atoms with van der Waals surface area (Å²) in [5, 5.41) is 4.28. The van der Waals surface area contributed by atoms with E-state index in [1.807, 2.05) is 33.2 Å². The Morgan fingerprint density at radius 3 is 2.86 bits per heavy atom. The van der Waals surface area contributed by atoms with E-state index in [4.69, 9.17) is 0 Å². The Balaban J connectivity index is 2.37. The Bertz CT molecular complexity index is 636. The molecule has 0 amide bonds. The average Bonchev–Trinajstić information content (AvgIpc) is 2.85. The van der Waals surface area contributed by atoms with Crippen LogP contribution in [0.15, 0.2) is 29.0 Å². The zero-order valence-electron chi connectivity index (χ0n) is 12.5. The summed E-state index contributed by atoms with van der Waals surface area (Å²) in [6, 6.07) is 3.79. The summed E-state index contributed by atoms with van der Waals surface area (Å²) in [7, 11) is 3.99. The van der Waals surface area contributed by atoms with Crippen molar-refractivity contribution in [1.29, 1.82) is 0 Å². The molecular formula is C15H19BrN4O. The molecule has 2 aromatic heterocycles. The maximum absolute atomic E-state index is 12.8. The van der Waals surface area contributed by atoms with Crippen LogP contribution in [0.4, 0.5) is 0 Å². The Morgan fingerprint density at radius 2 is 2.19 bits per heavy atom. The van der Waals surface area contributed by atoms with Crippen LogP contribution < -0.4 is 0 Å². The number of carbonyl (C=O) groups is 1. The number of rotatable bonds is 6. The van der Waals surface area contributed by atoms with E-state index in [9.17, 15) is 4.79 Å². The molecule has 0 aliphatic carbocycles. The number of nitrogens with zero attached hydrogens (tertiary/aromatic N) is 4. The van der Waals surface area contributed by atoms with Crippen molar-refractivity contribution < 1.29 is 4.79 Å². The van der Waals surface area contributed by atoms with Gasteiger partial charge in [0, 0.05) is 12.7 Å². The van der Waals surface area contributed by atoms with Gasteiger partial charge in [-0.1, -0.05) is 13.0 Å². The smallest absolute Gasteiger partial charge is 0.230 e. The van der Waals surface area contributed by atoms with Crippen LogP contribution in [0, 0.1) is 0 Å². The third-order valence-electron chi connectivity index (χ3n) is 3.26. The van der Waals surface area contributed by atoms with E-state index in [1.54, 1.807) is 17.1 Å². The van der Waals surface area contributed by atoms with Crippen molar-refractivity contribution >= 4 is 21.7 Å². The predicted molar refractivity (Wildman–Crippen MR) is 85.5 cm³/mol. The van der Waals surface area contributed by atoms with Crippen LogP contribution >= 0.6 is 15.9 Å². The molecule has 6 heteroatoms. The molecule has 0 fully saturated rings. The first-order valence-corrected chi connectivity index (χ1v) is 7.68. The molecule has 0 aliphatic heterocycles. The second-order valence-electron chi connectivity index (χ2n) is 5.06. The van der Waals surface area contributed by atoms with Gasteiger partial charge in [-0.15, -0.1) is 0 Å². The number of pyridine rings is 1. The van der Waals surface area contributed by atoms with Crippen LogP contribution in [0.3, 0.4) is 0 Å². The Labute approximate surface area is 133 Å². The first-order valence-electron chi connectivity index (χ1n) is 6.89. The van der Waals surface area contributed by atoms with Crippen molar-refractivity contribution in [2.24, 2.45) is 0 Å². The van der Waals surface area contributed by atoms with E-state index in [1.165, 1.54) is 0 Å². The molecule has 0 saturated heterocycles. The number of carbonyl (C=O) groups excluding carboxylic acids is 1. The minimum Gasteiger partial charge on any atom is -0.308 e. The highest BCUT2D eigenvalue weighted by Crippen LogP contribution is 2.21. The highest BCUT2D eigenvalue weighted by atomic mass is 79.9. The summed E-state index contributed by atoms with van der Waals surface area (Å²) in [5.41, 5.74) is 2.02. The second-order valence-corrected chi connectivity index (χ2v) is 5.92. The SMILES string of the molecule is CCc1cccnc1C(=O)c1c(Br)cnn1CCN(C)C. The van der Waals surface area contributed by atoms with Gasteiger partial charge in [-0.3, -0.25) is 14.5 Å². The lowest BCUT2D eigenvalue weighted by molar-refractivity contribution is 0.102. The van der Waals surface area contributed by atoms with Crippen molar-refractivity contribution in [2.75, 3.05) is 20.6 Å². The van der Waals surface area contributed by atoms with Crippen LogP contribution in [-0.4, -0.2) is 46.1 Å². The normalized spacial score (nSPS) is 11.1. The zero-order valence-corrected chi connectivity index (χ0v) is 14.1. The van der Waals surface area contributed by atoms with Crippen molar-refractivity contribution in [3.63, 3.8) is 0 Å². The van der Waals surface area contributed by atoms with Gasteiger partial charge in [0.15, 0.2) is 0 Å². The molecule has 0 radical (unpaired) electrons. The third kappa shape index (κ3) is 3.57. The molecule has 0 aromatic carbocycles. The van der Waals surface area contributed by atoms with Crippen LogP contribution in [0.5, 0.6) is 0 Å². The minimum atomic E-state index is -0.0874. The molecule has 0 atom stereocenters. The number of ketones is 1. The number of likely N-dealkylation sites (N-methyl/N-ethyl adjacent to an activating group) is 1. The van der Waals surface area contributed by atoms with Gasteiger partial charge in [0.25, 0.3) is 0 Å². The van der Waals surface area contributed by atoms with Gasteiger partial charge in [0.05, 0.1) is 17.2 Å². The largest absolute Gasteiger partial charge is 0.308 e. The summed E-state index contributed by atoms with van der Waals surface area (Å²) in [4.78, 5) is 19.1. The maximum atomic E-state index is 12.8. The highest BCUT2D eigenvalue weighted by Gasteiger charge is 2.21. The van der Waals surface area contributed by atoms with E-state index in [-0.39, 0.29) is 5.78 Å². The van der Waals surface area contributed by atoms with E-state index < -0.39 is 0 Å². The molecule has 0 saturated carbocycles. The summed E-state index contributed by atoms with van der Waals surface area (Å²) < 4.78 is 2.44. The van der Waals surface area contributed by atoms with Crippen LogP contribution in [0.25, 0.3) is 0 Å². The molecule has 0 unspecified atom stereocenters. The van der Waals surface area contributed by atoms with E-state index in [0.29, 0.717) is 22.4 Å². The summed E-state index contributed by atoms with van der Waals surface area (Å²) in [6.07, 6.45) is 4.09. The number of aryl methyl sites for hydroxylation is 1. The van der Waals surface area contributed by atoms with Gasteiger partial charge in [-0.05, 0) is 48.1 Å². The number of aromatic nitrogens is 3. The highest BCUT2D eigenvalue weighted by molar-refractivity contribution is 9.10. The van der Waals surface area contributed by atoms with Gasteiger partial charge in [-0.2, -0.15) is 5.10 Å². The Morgan fingerprint density at radius 1 is 1.43 bits per heavy atom. The van der Waals surface area contributed by atoms with Gasteiger partial charge >= 0.3 is 0 Å². The zero-order chi connectivity index (χ0) is 15.4. The molecule has 2 aromatic rings. The topological polar surface area (TPSA) is 51.0 Å². The first-order chi connectivity index (χ1) is 10.0. The number of hydrogen-bond donors (Lipinski definition) is 0. The van der Waals surface area contributed by atoms with E-state index >= 15 is 0 Å². The van der Waals surface area contributed by atoms with Crippen molar-refractivity contribution in [1.82, 2.24) is 19.7 Å². The molecule has 21 heavy (non-hydrogen) atoms. The van der Waals surface area contributed by atoms with E-state index in [2.05, 4.69) is 30.9 Å². The molecule has 2 heterocycles. The monoisotopic (exact) mass is 350 g/mol. The standard InChI is InChI=1S/C15H19BrN4O/c1-4-11-6-5-7-17-13(11)15(21)14-12(16)10-18-20(14)9-8-19(2)3/h5-7,10H,4,8-9H2,1-3H3. The minimum absolute atomic E-state index is 0.0874. The van der Waals surface area contributed by atoms with Crippen LogP contribution in [0.2, 0.25) is 0 Å². The fourth-order valence-corrected chi connectivity index (χ4v) is 2.57. The van der Waals surface area contributed by atoms with Gasteiger partial charge in [0.2, 0.25) is 5.78 Å². The van der Waals surface area contributed by atoms with Crippen molar-refractivity contribution in [3.05, 3.63) is 46.0 Å². The fraction of sp³-hybridized carbons (Fsp3) is 0.400. The molecule has 0 bridgehead atoms. The van der Waals surface area contributed by atoms with Gasteiger partial charge in [-0.25, -0.2) is 0 Å². The predicted octanol–water partition coefficient (Wildman–Crippen LogP) is 2.40. The lowest BCUT2D eigenvalue weighted by Crippen LogP contribution is -2.22. The quantitative estimate of drug-likeness (QED) is 0.750. The van der Waals surface area contributed by atoms with Crippen LogP contribution in [0.1, 0.15) is 28.7 Å². The molecular weight excluding hydrogens is 332 g/mol. The fourth-order valence-electron chi connectivity index (χ4n) is 2.09. The van der Waals surface area contributed by atoms with Crippen molar-refractivity contribution in [3.8, 4) is 0 Å². The Kier molecular flexibility index (Phi) is 5.25. The molecule has 0 aliphatic rings. The van der Waals surface area contributed by atoms with Gasteiger partial charge < -0.3 is 4.90 Å². The average molecular weight is 351 g/mol. The lowest BCUT2D eigenvalue weighted by Gasteiger charge is -2.12. The molecule has 112 valence electrons. The van der Waals surface area contributed by atoms with E-state index in [0.717, 1.165) is 18.5 Å². The maximum Gasteiger partial charge on any atom is 0.230 e. The van der Waals surface area contributed by atoms with Crippen LogP contribution in [-0.2, 0) is 13.0 Å². The summed E-state index contributed by atoms with van der Waals surface area (Å²) in [6.45, 7) is 3.50. The number of hydrogen-bond acceptors (Lipinski definition) is 4. The Hall–Kier alpha value is -1.53. The number of halogens is 1. The molecule has 0 N–H and O–H groups in total. The molecule has 5 nitrogen and oxygen atoms in total. The summed E-state index contributed by atoms with van der Waals surface area (Å²) >= 11 is 3.42. The molecule has 0 spiro atoms. The molecule has 2 rings (SSSR count). The lowest BCUT2D eigenvalue weighted by atomic mass is 10.1. The summed E-state index contributed by atoms with van der Waals surface area (Å²) in [5.74, 6) is -0.0874. The third-order valence-corrected chi connectivity index (χ3v) is 3.84. The second kappa shape index (κ2) is 6.95.